The maximum atomic E-state index is 4.62. The van der Waals surface area contributed by atoms with Crippen LogP contribution in [0, 0.1) is 6.92 Å². The molecule has 2 nitrogen and oxygen atoms in total. The molecule has 1 aliphatic rings. The number of thioether (sulfide) groups is 1. The quantitative estimate of drug-likeness (QED) is 0.769. The van der Waals surface area contributed by atoms with Crippen molar-refractivity contribution >= 4 is 23.1 Å². The second-order valence-corrected chi connectivity index (χ2v) is 8.20. The topological polar surface area (TPSA) is 24.9 Å². The standard InChI is InChI=1S/C16H28N2S2/c1-3-9-17-14(10-15-12-19-13(2)18-15)11-20-16-7-5-4-6-8-16/h12,14,16-17H,3-11H2,1-2H3. The summed E-state index contributed by atoms with van der Waals surface area (Å²) in [5.74, 6) is 1.24. The van der Waals surface area contributed by atoms with Gasteiger partial charge in [0.1, 0.15) is 0 Å². The van der Waals surface area contributed by atoms with E-state index in [-0.39, 0.29) is 0 Å². The molecular weight excluding hydrogens is 284 g/mol. The summed E-state index contributed by atoms with van der Waals surface area (Å²) in [5, 5.41) is 8.03. The Morgan fingerprint density at radius 3 is 2.85 bits per heavy atom. The molecule has 20 heavy (non-hydrogen) atoms. The minimum Gasteiger partial charge on any atom is -0.313 e. The second-order valence-electron chi connectivity index (χ2n) is 5.81. The van der Waals surface area contributed by atoms with Crippen molar-refractivity contribution in [2.24, 2.45) is 0 Å². The molecule has 0 amide bonds. The van der Waals surface area contributed by atoms with Crippen LogP contribution in [0.1, 0.15) is 56.2 Å². The Hall–Kier alpha value is -0.0600. The zero-order valence-electron chi connectivity index (χ0n) is 12.9. The normalized spacial score (nSPS) is 18.3. The summed E-state index contributed by atoms with van der Waals surface area (Å²) in [6.07, 6.45) is 9.49. The van der Waals surface area contributed by atoms with Crippen molar-refractivity contribution in [1.82, 2.24) is 10.3 Å². The van der Waals surface area contributed by atoms with Crippen LogP contribution in [0.25, 0.3) is 0 Å². The molecule has 0 aromatic carbocycles. The second kappa shape index (κ2) is 9.06. The molecule has 0 radical (unpaired) electrons. The number of hydrogen-bond donors (Lipinski definition) is 1. The SMILES string of the molecule is CCCNC(CSC1CCCCC1)Cc1csc(C)n1. The lowest BCUT2D eigenvalue weighted by Gasteiger charge is -2.24. The van der Waals surface area contributed by atoms with Crippen molar-refractivity contribution in [3.05, 3.63) is 16.1 Å². The Balaban J connectivity index is 1.79. The Morgan fingerprint density at radius 1 is 1.40 bits per heavy atom. The minimum atomic E-state index is 0.586. The fraction of sp³-hybridized carbons (Fsp3) is 0.812. The predicted molar refractivity (Wildman–Crippen MR) is 92.0 cm³/mol. The molecule has 1 N–H and O–H groups in total. The lowest BCUT2D eigenvalue weighted by Crippen LogP contribution is -2.35. The van der Waals surface area contributed by atoms with Crippen molar-refractivity contribution in [3.8, 4) is 0 Å². The van der Waals surface area contributed by atoms with E-state index in [1.165, 1.54) is 55.0 Å². The first-order valence-electron chi connectivity index (χ1n) is 8.04. The maximum absolute atomic E-state index is 4.62. The summed E-state index contributed by atoms with van der Waals surface area (Å²) in [6, 6.07) is 0.586. The van der Waals surface area contributed by atoms with Crippen molar-refractivity contribution in [2.45, 2.75) is 70.1 Å². The highest BCUT2D eigenvalue weighted by Gasteiger charge is 2.17. The van der Waals surface area contributed by atoms with Crippen LogP contribution in [-0.4, -0.2) is 28.6 Å². The van der Waals surface area contributed by atoms with Gasteiger partial charge in [-0.25, -0.2) is 4.98 Å². The fourth-order valence-corrected chi connectivity index (χ4v) is 4.81. The molecule has 1 atom stereocenters. The summed E-state index contributed by atoms with van der Waals surface area (Å²) in [7, 11) is 0. The molecule has 1 heterocycles. The molecule has 2 rings (SSSR count). The molecule has 1 saturated carbocycles. The molecule has 0 spiro atoms. The molecule has 1 aliphatic carbocycles. The highest BCUT2D eigenvalue weighted by Crippen LogP contribution is 2.29. The number of nitrogens with zero attached hydrogens (tertiary/aromatic N) is 1. The molecule has 0 aliphatic heterocycles. The zero-order valence-corrected chi connectivity index (χ0v) is 14.5. The Bertz CT molecular complexity index is 372. The molecule has 0 bridgehead atoms. The molecule has 114 valence electrons. The van der Waals surface area contributed by atoms with Gasteiger partial charge >= 0.3 is 0 Å². The van der Waals surface area contributed by atoms with E-state index in [9.17, 15) is 0 Å². The van der Waals surface area contributed by atoms with E-state index >= 15 is 0 Å². The molecule has 1 aromatic rings. The Labute approximate surface area is 132 Å². The first-order chi connectivity index (χ1) is 9.78. The van der Waals surface area contributed by atoms with Gasteiger partial charge in [-0.15, -0.1) is 11.3 Å². The van der Waals surface area contributed by atoms with Gasteiger partial charge in [-0.05, 0) is 32.7 Å². The van der Waals surface area contributed by atoms with Crippen LogP contribution >= 0.6 is 23.1 Å². The van der Waals surface area contributed by atoms with Crippen molar-refractivity contribution < 1.29 is 0 Å². The van der Waals surface area contributed by atoms with Gasteiger partial charge in [-0.3, -0.25) is 0 Å². The largest absolute Gasteiger partial charge is 0.313 e. The third-order valence-electron chi connectivity index (χ3n) is 3.89. The van der Waals surface area contributed by atoms with Gasteiger partial charge in [0.05, 0.1) is 10.7 Å². The van der Waals surface area contributed by atoms with Gasteiger partial charge in [0.15, 0.2) is 0 Å². The van der Waals surface area contributed by atoms with Crippen molar-refractivity contribution in [3.63, 3.8) is 0 Å². The third-order valence-corrected chi connectivity index (χ3v) is 6.25. The average molecular weight is 313 g/mol. The predicted octanol–water partition coefficient (Wildman–Crippen LogP) is 4.43. The number of hydrogen-bond acceptors (Lipinski definition) is 4. The number of rotatable bonds is 8. The molecular formula is C16H28N2S2. The summed E-state index contributed by atoms with van der Waals surface area (Å²) in [4.78, 5) is 4.62. The van der Waals surface area contributed by atoms with Crippen LogP contribution in [0.5, 0.6) is 0 Å². The van der Waals surface area contributed by atoms with Crippen LogP contribution in [0.4, 0.5) is 0 Å². The Kier molecular flexibility index (Phi) is 7.39. The summed E-state index contributed by atoms with van der Waals surface area (Å²) < 4.78 is 0. The summed E-state index contributed by atoms with van der Waals surface area (Å²) >= 11 is 3.97. The molecule has 1 fully saturated rings. The van der Waals surface area contributed by atoms with Gasteiger partial charge in [-0.2, -0.15) is 11.8 Å². The fourth-order valence-electron chi connectivity index (χ4n) is 2.78. The smallest absolute Gasteiger partial charge is 0.0897 e. The number of thiazole rings is 1. The van der Waals surface area contributed by atoms with E-state index in [1.54, 1.807) is 11.3 Å². The highest BCUT2D eigenvalue weighted by atomic mass is 32.2. The van der Waals surface area contributed by atoms with Crippen LogP contribution in [0.3, 0.4) is 0 Å². The lowest BCUT2D eigenvalue weighted by atomic mass is 10.0. The molecule has 1 unspecified atom stereocenters. The van der Waals surface area contributed by atoms with Crippen LogP contribution in [-0.2, 0) is 6.42 Å². The number of aryl methyl sites for hydroxylation is 1. The highest BCUT2D eigenvalue weighted by molar-refractivity contribution is 7.99. The molecule has 1 aromatic heterocycles. The van der Waals surface area contributed by atoms with E-state index in [1.807, 2.05) is 0 Å². The maximum Gasteiger partial charge on any atom is 0.0897 e. The van der Waals surface area contributed by atoms with Gasteiger partial charge < -0.3 is 5.32 Å². The third kappa shape index (κ3) is 5.74. The van der Waals surface area contributed by atoms with Crippen molar-refractivity contribution in [2.75, 3.05) is 12.3 Å². The molecule has 4 heteroatoms. The number of nitrogens with one attached hydrogen (secondary N) is 1. The first-order valence-corrected chi connectivity index (χ1v) is 9.96. The van der Waals surface area contributed by atoms with Gasteiger partial charge in [-0.1, -0.05) is 26.2 Å². The van der Waals surface area contributed by atoms with E-state index in [0.29, 0.717) is 6.04 Å². The van der Waals surface area contributed by atoms with E-state index in [2.05, 4.69) is 41.3 Å². The van der Waals surface area contributed by atoms with Crippen LogP contribution < -0.4 is 5.32 Å². The Morgan fingerprint density at radius 2 is 2.20 bits per heavy atom. The van der Waals surface area contributed by atoms with E-state index < -0.39 is 0 Å². The van der Waals surface area contributed by atoms with Gasteiger partial charge in [0, 0.05) is 28.8 Å². The van der Waals surface area contributed by atoms with Gasteiger partial charge in [0.2, 0.25) is 0 Å². The monoisotopic (exact) mass is 312 g/mol. The summed E-state index contributed by atoms with van der Waals surface area (Å²) in [6.45, 7) is 5.46. The first kappa shape index (κ1) is 16.3. The zero-order chi connectivity index (χ0) is 14.2. The van der Waals surface area contributed by atoms with E-state index in [0.717, 1.165) is 18.2 Å². The lowest BCUT2D eigenvalue weighted by molar-refractivity contribution is 0.511. The van der Waals surface area contributed by atoms with Crippen LogP contribution in [0.15, 0.2) is 5.38 Å². The van der Waals surface area contributed by atoms with Gasteiger partial charge in [0.25, 0.3) is 0 Å². The minimum absolute atomic E-state index is 0.586. The van der Waals surface area contributed by atoms with E-state index in [4.69, 9.17) is 0 Å². The average Bonchev–Trinajstić information content (AvgIpc) is 2.88. The van der Waals surface area contributed by atoms with Crippen molar-refractivity contribution in [1.29, 1.82) is 0 Å². The summed E-state index contributed by atoms with van der Waals surface area (Å²) in [5.41, 5.74) is 1.27. The molecule has 0 saturated heterocycles. The van der Waals surface area contributed by atoms with Crippen LogP contribution in [0.2, 0.25) is 0 Å². The number of aromatic nitrogens is 1.